The fraction of sp³-hybridized carbons (Fsp3) is 0.636. The van der Waals surface area contributed by atoms with Crippen LogP contribution in [-0.2, 0) is 0 Å². The number of hydrogen-bond acceptors (Lipinski definition) is 2. The lowest BCUT2D eigenvalue weighted by Gasteiger charge is -2.04. The van der Waals surface area contributed by atoms with Gasteiger partial charge in [0.1, 0.15) is 0 Å². The van der Waals surface area contributed by atoms with Gasteiger partial charge in [0.25, 0.3) is 0 Å². The van der Waals surface area contributed by atoms with Gasteiger partial charge in [0, 0.05) is 19.0 Å². The fourth-order valence-electron chi connectivity index (χ4n) is 0.806. The molecule has 0 aromatic rings. The van der Waals surface area contributed by atoms with Crippen LogP contribution in [0.15, 0.2) is 21.8 Å². The van der Waals surface area contributed by atoms with Gasteiger partial charge in [-0.3, -0.25) is 9.98 Å². The zero-order valence-corrected chi connectivity index (χ0v) is 9.12. The molecule has 0 aromatic carbocycles. The Morgan fingerprint density at radius 3 is 2.31 bits per heavy atom. The molecule has 0 rings (SSSR count). The Bertz CT molecular complexity index is 200. The molecule has 0 spiro atoms. The molecule has 0 unspecified atom stereocenters. The van der Waals surface area contributed by atoms with E-state index in [-0.39, 0.29) is 0 Å². The van der Waals surface area contributed by atoms with Crippen LogP contribution < -0.4 is 0 Å². The van der Waals surface area contributed by atoms with E-state index in [0.717, 1.165) is 12.1 Å². The summed E-state index contributed by atoms with van der Waals surface area (Å²) in [5, 5.41) is 0. The van der Waals surface area contributed by atoms with Crippen molar-refractivity contribution in [2.45, 2.75) is 27.7 Å². The number of aliphatic imine (C=N–C) groups is 2. The van der Waals surface area contributed by atoms with Crippen LogP contribution in [0.3, 0.4) is 0 Å². The van der Waals surface area contributed by atoms with Crippen LogP contribution in [0.25, 0.3) is 0 Å². The van der Waals surface area contributed by atoms with E-state index in [1.807, 2.05) is 6.21 Å². The maximum atomic E-state index is 4.33. The van der Waals surface area contributed by atoms with E-state index in [1.54, 1.807) is 6.20 Å². The predicted molar refractivity (Wildman–Crippen MR) is 60.7 cm³/mol. The van der Waals surface area contributed by atoms with Crippen molar-refractivity contribution in [2.75, 3.05) is 6.54 Å². The van der Waals surface area contributed by atoms with Crippen LogP contribution in [0.1, 0.15) is 27.7 Å². The average Bonchev–Trinajstić information content (AvgIpc) is 2.02. The van der Waals surface area contributed by atoms with Gasteiger partial charge in [0.05, 0.1) is 0 Å². The Morgan fingerprint density at radius 2 is 1.92 bits per heavy atom. The topological polar surface area (TPSA) is 24.7 Å². The Balaban J connectivity index is 4.18. The highest BCUT2D eigenvalue weighted by atomic mass is 14.7. The van der Waals surface area contributed by atoms with Crippen LogP contribution >= 0.6 is 0 Å². The van der Waals surface area contributed by atoms with Gasteiger partial charge >= 0.3 is 0 Å². The highest BCUT2D eigenvalue weighted by molar-refractivity contribution is 5.79. The molecule has 0 aliphatic rings. The van der Waals surface area contributed by atoms with Gasteiger partial charge in [-0.15, -0.1) is 0 Å². The zero-order valence-electron chi connectivity index (χ0n) is 9.12. The Hall–Kier alpha value is -0.920. The lowest BCUT2D eigenvalue weighted by molar-refractivity contribution is 0.666. The molecular weight excluding hydrogens is 160 g/mol. The summed E-state index contributed by atoms with van der Waals surface area (Å²) in [6.07, 6.45) is 3.67. The maximum Gasteiger partial charge on any atom is 0.0412 e. The molecule has 0 amide bonds. The van der Waals surface area contributed by atoms with Crippen molar-refractivity contribution >= 4 is 12.9 Å². The lowest BCUT2D eigenvalue weighted by atomic mass is 10.1. The third-order valence-electron chi connectivity index (χ3n) is 1.62. The minimum Gasteiger partial charge on any atom is -0.293 e. The van der Waals surface area contributed by atoms with Crippen molar-refractivity contribution in [3.8, 4) is 0 Å². The second-order valence-corrected chi connectivity index (χ2v) is 3.85. The van der Waals surface area contributed by atoms with Gasteiger partial charge in [0.15, 0.2) is 0 Å². The van der Waals surface area contributed by atoms with E-state index in [4.69, 9.17) is 0 Å². The second kappa shape index (κ2) is 6.58. The van der Waals surface area contributed by atoms with E-state index in [2.05, 4.69) is 44.4 Å². The second-order valence-electron chi connectivity index (χ2n) is 3.85. The van der Waals surface area contributed by atoms with Crippen molar-refractivity contribution < 1.29 is 0 Å². The summed E-state index contributed by atoms with van der Waals surface area (Å²) in [6, 6.07) is 0. The van der Waals surface area contributed by atoms with Gasteiger partial charge in [-0.1, -0.05) is 27.7 Å². The molecule has 2 nitrogen and oxygen atoms in total. The van der Waals surface area contributed by atoms with Crippen LogP contribution in [-0.4, -0.2) is 19.5 Å². The lowest BCUT2D eigenvalue weighted by Crippen LogP contribution is -1.98. The number of allylic oxidation sites excluding steroid dienone is 1. The van der Waals surface area contributed by atoms with Crippen LogP contribution in [0.4, 0.5) is 0 Å². The van der Waals surface area contributed by atoms with Crippen molar-refractivity contribution in [2.24, 2.45) is 21.8 Å². The predicted octanol–water partition coefficient (Wildman–Crippen LogP) is 2.95. The minimum atomic E-state index is 0.460. The van der Waals surface area contributed by atoms with Crippen LogP contribution in [0.5, 0.6) is 0 Å². The first-order valence-corrected chi connectivity index (χ1v) is 4.73. The summed E-state index contributed by atoms with van der Waals surface area (Å²) in [5.41, 5.74) is 1.13. The molecular formula is C11H20N2. The summed E-state index contributed by atoms with van der Waals surface area (Å²) in [6.45, 7) is 12.9. The van der Waals surface area contributed by atoms with Crippen molar-refractivity contribution in [3.05, 3.63) is 11.8 Å². The summed E-state index contributed by atoms with van der Waals surface area (Å²) in [4.78, 5) is 8.08. The number of hydrogen-bond donors (Lipinski definition) is 0. The van der Waals surface area contributed by atoms with E-state index in [1.165, 1.54) is 0 Å². The van der Waals surface area contributed by atoms with Gasteiger partial charge < -0.3 is 0 Å². The van der Waals surface area contributed by atoms with E-state index >= 15 is 0 Å². The van der Waals surface area contributed by atoms with E-state index in [9.17, 15) is 0 Å². The van der Waals surface area contributed by atoms with E-state index in [0.29, 0.717) is 11.8 Å². The normalized spacial score (nSPS) is 13.2. The third kappa shape index (κ3) is 6.26. The van der Waals surface area contributed by atoms with Gasteiger partial charge in [-0.25, -0.2) is 0 Å². The maximum absolute atomic E-state index is 4.33. The molecule has 74 valence electrons. The molecule has 0 heterocycles. The fourth-order valence-corrected chi connectivity index (χ4v) is 0.806. The van der Waals surface area contributed by atoms with Crippen LogP contribution in [0, 0.1) is 11.8 Å². The molecule has 0 saturated heterocycles. The summed E-state index contributed by atoms with van der Waals surface area (Å²) < 4.78 is 0. The number of nitrogens with zero attached hydrogens (tertiary/aromatic N) is 2. The molecule has 0 aliphatic heterocycles. The Morgan fingerprint density at radius 1 is 1.31 bits per heavy atom. The van der Waals surface area contributed by atoms with Gasteiger partial charge in [-0.05, 0) is 24.1 Å². The Labute approximate surface area is 81.5 Å². The standard InChI is InChI=1S/C11H20N2/c1-9(2)6-13-8-11(7-12-5)10(3)4/h7-10H,5-6H2,1-4H3/b11-7+,13-8-. The number of rotatable bonds is 5. The smallest absolute Gasteiger partial charge is 0.0412 e. The quantitative estimate of drug-likeness (QED) is 0.581. The molecule has 0 bridgehead atoms. The SMILES string of the molecule is C=N/C=C(\C=N/CC(C)C)C(C)C. The molecule has 0 atom stereocenters. The third-order valence-corrected chi connectivity index (χ3v) is 1.62. The first-order chi connectivity index (χ1) is 6.07. The molecule has 0 saturated carbocycles. The molecule has 0 aromatic heterocycles. The minimum absolute atomic E-state index is 0.460. The zero-order chi connectivity index (χ0) is 10.3. The first kappa shape index (κ1) is 12.1. The monoisotopic (exact) mass is 180 g/mol. The molecule has 0 fully saturated rings. The van der Waals surface area contributed by atoms with Crippen molar-refractivity contribution in [3.63, 3.8) is 0 Å². The molecule has 0 N–H and O–H groups in total. The first-order valence-electron chi connectivity index (χ1n) is 4.73. The summed E-state index contributed by atoms with van der Waals surface area (Å²) in [5.74, 6) is 1.07. The van der Waals surface area contributed by atoms with Crippen molar-refractivity contribution in [1.29, 1.82) is 0 Å². The molecule has 0 aliphatic carbocycles. The molecule has 2 heteroatoms. The highest BCUT2D eigenvalue weighted by Crippen LogP contribution is 2.06. The van der Waals surface area contributed by atoms with Gasteiger partial charge in [-0.2, -0.15) is 0 Å². The molecule has 13 heavy (non-hydrogen) atoms. The van der Waals surface area contributed by atoms with Crippen LogP contribution in [0.2, 0.25) is 0 Å². The average molecular weight is 180 g/mol. The highest BCUT2D eigenvalue weighted by Gasteiger charge is 1.98. The summed E-state index contributed by atoms with van der Waals surface area (Å²) in [7, 11) is 0. The molecule has 0 radical (unpaired) electrons. The summed E-state index contributed by atoms with van der Waals surface area (Å²) >= 11 is 0. The van der Waals surface area contributed by atoms with Crippen molar-refractivity contribution in [1.82, 2.24) is 0 Å². The van der Waals surface area contributed by atoms with Gasteiger partial charge in [0.2, 0.25) is 0 Å². The Kier molecular flexibility index (Phi) is 6.11. The largest absolute Gasteiger partial charge is 0.293 e. The van der Waals surface area contributed by atoms with E-state index < -0.39 is 0 Å².